The van der Waals surface area contributed by atoms with Crippen molar-refractivity contribution in [1.29, 1.82) is 0 Å². The van der Waals surface area contributed by atoms with E-state index in [9.17, 15) is 14.9 Å². The molecule has 1 amide bonds. The van der Waals surface area contributed by atoms with Crippen molar-refractivity contribution in [3.8, 4) is 0 Å². The molecule has 1 aliphatic heterocycles. The standard InChI is InChI=1S/C18H20N2O3S/c1-13-16(20(22)23)12-17(24-13)18(21)19-11-5-8-15(19)10-9-14-6-3-2-4-7-14/h2-4,6-7,12,15H,5,8-11H2,1H3. The van der Waals surface area contributed by atoms with Gasteiger partial charge in [0.25, 0.3) is 11.6 Å². The number of aryl methyl sites for hydroxylation is 2. The van der Waals surface area contributed by atoms with Crippen molar-refractivity contribution in [2.24, 2.45) is 0 Å². The monoisotopic (exact) mass is 344 g/mol. The molecule has 1 saturated heterocycles. The zero-order valence-corrected chi connectivity index (χ0v) is 14.4. The third kappa shape index (κ3) is 3.48. The number of benzene rings is 1. The van der Waals surface area contributed by atoms with E-state index in [1.54, 1.807) is 6.92 Å². The summed E-state index contributed by atoms with van der Waals surface area (Å²) in [4.78, 5) is 26.3. The van der Waals surface area contributed by atoms with Crippen LogP contribution in [0.2, 0.25) is 0 Å². The molecule has 1 atom stereocenters. The first-order valence-corrected chi connectivity index (χ1v) is 8.97. The lowest BCUT2D eigenvalue weighted by atomic mass is 10.0. The van der Waals surface area contributed by atoms with E-state index in [0.717, 1.165) is 32.2 Å². The predicted octanol–water partition coefficient (Wildman–Crippen LogP) is 4.20. The van der Waals surface area contributed by atoms with Gasteiger partial charge in [0.2, 0.25) is 0 Å². The van der Waals surface area contributed by atoms with Gasteiger partial charge >= 0.3 is 0 Å². The van der Waals surface area contributed by atoms with Gasteiger partial charge in [-0.05, 0) is 38.2 Å². The molecule has 0 radical (unpaired) electrons. The van der Waals surface area contributed by atoms with Crippen LogP contribution in [0.15, 0.2) is 36.4 Å². The lowest BCUT2D eigenvalue weighted by Gasteiger charge is -2.24. The zero-order chi connectivity index (χ0) is 17.1. The maximum absolute atomic E-state index is 12.8. The van der Waals surface area contributed by atoms with Crippen molar-refractivity contribution < 1.29 is 9.72 Å². The molecule has 126 valence electrons. The molecule has 0 spiro atoms. The molecule has 2 heterocycles. The molecular formula is C18H20N2O3S. The Hall–Kier alpha value is -2.21. The van der Waals surface area contributed by atoms with E-state index >= 15 is 0 Å². The highest BCUT2D eigenvalue weighted by molar-refractivity contribution is 7.14. The van der Waals surface area contributed by atoms with Gasteiger partial charge in [0.1, 0.15) is 0 Å². The summed E-state index contributed by atoms with van der Waals surface area (Å²) in [6.45, 7) is 2.43. The van der Waals surface area contributed by atoms with Gasteiger partial charge in [0.05, 0.1) is 14.7 Å². The van der Waals surface area contributed by atoms with Crippen LogP contribution < -0.4 is 0 Å². The van der Waals surface area contributed by atoms with Crippen molar-refractivity contribution in [2.45, 2.75) is 38.6 Å². The van der Waals surface area contributed by atoms with E-state index in [1.807, 2.05) is 23.1 Å². The van der Waals surface area contributed by atoms with E-state index in [4.69, 9.17) is 0 Å². The Morgan fingerprint density at radius 3 is 2.79 bits per heavy atom. The van der Waals surface area contributed by atoms with Crippen LogP contribution in [-0.2, 0) is 6.42 Å². The van der Waals surface area contributed by atoms with Gasteiger partial charge in [0.15, 0.2) is 0 Å². The van der Waals surface area contributed by atoms with Crippen molar-refractivity contribution in [3.63, 3.8) is 0 Å². The van der Waals surface area contributed by atoms with E-state index in [1.165, 1.54) is 23.0 Å². The molecule has 1 aromatic carbocycles. The summed E-state index contributed by atoms with van der Waals surface area (Å²) in [6, 6.07) is 11.9. The summed E-state index contributed by atoms with van der Waals surface area (Å²) in [5, 5.41) is 11.0. The fourth-order valence-electron chi connectivity index (χ4n) is 3.28. The molecular weight excluding hydrogens is 324 g/mol. The van der Waals surface area contributed by atoms with E-state index in [-0.39, 0.29) is 17.6 Å². The lowest BCUT2D eigenvalue weighted by molar-refractivity contribution is -0.385. The molecule has 0 aliphatic carbocycles. The number of nitro groups is 1. The number of likely N-dealkylation sites (tertiary alicyclic amines) is 1. The molecule has 5 nitrogen and oxygen atoms in total. The number of hydrogen-bond donors (Lipinski definition) is 0. The minimum absolute atomic E-state index is 0.0448. The number of hydrogen-bond acceptors (Lipinski definition) is 4. The zero-order valence-electron chi connectivity index (χ0n) is 13.6. The number of carbonyl (C=O) groups is 1. The fraction of sp³-hybridized carbons (Fsp3) is 0.389. The summed E-state index contributed by atoms with van der Waals surface area (Å²) >= 11 is 1.22. The largest absolute Gasteiger partial charge is 0.335 e. The first kappa shape index (κ1) is 16.6. The molecule has 0 bridgehead atoms. The third-order valence-electron chi connectivity index (χ3n) is 4.55. The van der Waals surface area contributed by atoms with Gasteiger partial charge < -0.3 is 4.90 Å². The number of thiophene rings is 1. The molecule has 2 aromatic rings. The number of nitrogens with zero attached hydrogens (tertiary/aromatic N) is 2. The molecule has 1 aromatic heterocycles. The number of carbonyl (C=O) groups excluding carboxylic acids is 1. The van der Waals surface area contributed by atoms with E-state index < -0.39 is 4.92 Å². The highest BCUT2D eigenvalue weighted by Crippen LogP contribution is 2.31. The van der Waals surface area contributed by atoms with Crippen LogP contribution >= 0.6 is 11.3 Å². The van der Waals surface area contributed by atoms with Crippen molar-refractivity contribution in [3.05, 3.63) is 61.8 Å². The second-order valence-electron chi connectivity index (χ2n) is 6.13. The van der Waals surface area contributed by atoms with Gasteiger partial charge in [0, 0.05) is 18.7 Å². The Morgan fingerprint density at radius 1 is 1.38 bits per heavy atom. The molecule has 1 aliphatic rings. The number of amides is 1. The van der Waals surface area contributed by atoms with Crippen molar-refractivity contribution in [2.75, 3.05) is 6.54 Å². The average molecular weight is 344 g/mol. The summed E-state index contributed by atoms with van der Waals surface area (Å²) in [6.07, 6.45) is 3.88. The van der Waals surface area contributed by atoms with Crippen LogP contribution in [0.3, 0.4) is 0 Å². The molecule has 1 fully saturated rings. The molecule has 3 rings (SSSR count). The van der Waals surface area contributed by atoms with Crippen LogP contribution in [0.5, 0.6) is 0 Å². The summed E-state index contributed by atoms with van der Waals surface area (Å²) in [5.74, 6) is -0.0632. The van der Waals surface area contributed by atoms with Gasteiger partial charge in [-0.15, -0.1) is 11.3 Å². The van der Waals surface area contributed by atoms with Crippen LogP contribution in [0, 0.1) is 17.0 Å². The van der Waals surface area contributed by atoms with Crippen LogP contribution in [0.25, 0.3) is 0 Å². The highest BCUT2D eigenvalue weighted by Gasteiger charge is 2.31. The van der Waals surface area contributed by atoms with Crippen molar-refractivity contribution in [1.82, 2.24) is 4.90 Å². The maximum atomic E-state index is 12.8. The molecule has 6 heteroatoms. The third-order valence-corrected chi connectivity index (χ3v) is 5.57. The Labute approximate surface area is 145 Å². The average Bonchev–Trinajstić information content (AvgIpc) is 3.19. The minimum atomic E-state index is -0.417. The Balaban J connectivity index is 1.69. The normalized spacial score (nSPS) is 17.2. The lowest BCUT2D eigenvalue weighted by Crippen LogP contribution is -2.35. The van der Waals surface area contributed by atoms with Gasteiger partial charge in [-0.2, -0.15) is 0 Å². The SMILES string of the molecule is Cc1sc(C(=O)N2CCCC2CCc2ccccc2)cc1[N+](=O)[O-]. The Kier molecular flexibility index (Phi) is 4.94. The minimum Gasteiger partial charge on any atom is -0.335 e. The van der Waals surface area contributed by atoms with Gasteiger partial charge in [-0.3, -0.25) is 14.9 Å². The Morgan fingerprint density at radius 2 is 2.12 bits per heavy atom. The maximum Gasteiger partial charge on any atom is 0.283 e. The van der Waals surface area contributed by atoms with Crippen LogP contribution in [0.4, 0.5) is 5.69 Å². The van der Waals surface area contributed by atoms with Crippen LogP contribution in [-0.4, -0.2) is 28.3 Å². The van der Waals surface area contributed by atoms with Gasteiger partial charge in [-0.25, -0.2) is 0 Å². The quantitative estimate of drug-likeness (QED) is 0.603. The fourth-order valence-corrected chi connectivity index (χ4v) is 4.22. The molecule has 1 unspecified atom stereocenters. The molecule has 0 saturated carbocycles. The second-order valence-corrected chi connectivity index (χ2v) is 7.38. The summed E-state index contributed by atoms with van der Waals surface area (Å²) in [5.41, 5.74) is 1.32. The highest BCUT2D eigenvalue weighted by atomic mass is 32.1. The first-order chi connectivity index (χ1) is 11.6. The molecule has 24 heavy (non-hydrogen) atoms. The summed E-state index contributed by atoms with van der Waals surface area (Å²) < 4.78 is 0. The van der Waals surface area contributed by atoms with Crippen LogP contribution in [0.1, 0.15) is 39.4 Å². The summed E-state index contributed by atoms with van der Waals surface area (Å²) in [7, 11) is 0. The van der Waals surface area contributed by atoms with E-state index in [0.29, 0.717) is 9.75 Å². The first-order valence-electron chi connectivity index (χ1n) is 8.16. The smallest absolute Gasteiger partial charge is 0.283 e. The van der Waals surface area contributed by atoms with Crippen molar-refractivity contribution >= 4 is 22.9 Å². The predicted molar refractivity (Wildman–Crippen MR) is 94.5 cm³/mol. The van der Waals surface area contributed by atoms with E-state index in [2.05, 4.69) is 12.1 Å². The second kappa shape index (κ2) is 7.13. The molecule has 0 N–H and O–H groups in total. The topological polar surface area (TPSA) is 63.5 Å². The number of rotatable bonds is 5. The van der Waals surface area contributed by atoms with Gasteiger partial charge in [-0.1, -0.05) is 30.3 Å². The Bertz CT molecular complexity index is 742.